The molecule has 8 heteroatoms. The van der Waals surface area contributed by atoms with Crippen LogP contribution in [0.25, 0.3) is 0 Å². The molecule has 2 aromatic rings. The molecule has 0 atom stereocenters. The molecule has 1 fully saturated rings. The summed E-state index contributed by atoms with van der Waals surface area (Å²) in [6.07, 6.45) is 6.47. The van der Waals surface area contributed by atoms with E-state index in [4.69, 9.17) is 0 Å². The summed E-state index contributed by atoms with van der Waals surface area (Å²) >= 11 is 0. The van der Waals surface area contributed by atoms with Crippen LogP contribution in [0.15, 0.2) is 24.8 Å². The van der Waals surface area contributed by atoms with Crippen LogP contribution in [0.2, 0.25) is 0 Å². The van der Waals surface area contributed by atoms with Crippen molar-refractivity contribution in [3.63, 3.8) is 0 Å². The Morgan fingerprint density at radius 3 is 2.56 bits per heavy atom. The van der Waals surface area contributed by atoms with Crippen molar-refractivity contribution in [2.45, 2.75) is 25.8 Å². The van der Waals surface area contributed by atoms with Crippen LogP contribution in [-0.4, -0.2) is 64.0 Å². The maximum atomic E-state index is 12.5. The summed E-state index contributed by atoms with van der Waals surface area (Å²) in [7, 11) is 3.90. The van der Waals surface area contributed by atoms with Crippen LogP contribution in [-0.2, 0) is 0 Å². The third kappa shape index (κ3) is 4.20. The molecule has 0 aliphatic carbocycles. The standard InChI is InChI=1S/C17H23N7O/c1-12-9-19-14(10-18-12)17(25)24-6-4-13(5-7-24)22-15-8-16(23(2)3)21-11-20-15/h8-11,13H,4-7H2,1-3H3,(H,20,21,22). The molecular weight excluding hydrogens is 318 g/mol. The average Bonchev–Trinajstić information content (AvgIpc) is 2.63. The molecule has 1 aliphatic heterocycles. The number of hydrogen-bond donors (Lipinski definition) is 1. The predicted octanol–water partition coefficient (Wildman–Crippen LogP) is 1.36. The summed E-state index contributed by atoms with van der Waals surface area (Å²) in [5.74, 6) is 1.62. The first kappa shape index (κ1) is 17.1. The Kier molecular flexibility index (Phi) is 5.06. The SMILES string of the molecule is Cc1cnc(C(=O)N2CCC(Nc3cc(N(C)C)ncn3)CC2)cn1. The second-order valence-corrected chi connectivity index (χ2v) is 6.41. The van der Waals surface area contributed by atoms with Gasteiger partial charge in [-0.25, -0.2) is 15.0 Å². The third-order valence-electron chi connectivity index (χ3n) is 4.25. The average molecular weight is 341 g/mol. The summed E-state index contributed by atoms with van der Waals surface area (Å²) in [6.45, 7) is 3.24. The van der Waals surface area contributed by atoms with E-state index in [1.165, 1.54) is 0 Å². The molecule has 0 spiro atoms. The third-order valence-corrected chi connectivity index (χ3v) is 4.25. The molecule has 8 nitrogen and oxygen atoms in total. The van der Waals surface area contributed by atoms with Crippen molar-refractivity contribution in [3.8, 4) is 0 Å². The highest BCUT2D eigenvalue weighted by Gasteiger charge is 2.24. The number of amides is 1. The number of likely N-dealkylation sites (tertiary alicyclic amines) is 1. The summed E-state index contributed by atoms with van der Waals surface area (Å²) in [5, 5.41) is 3.44. The first-order valence-corrected chi connectivity index (χ1v) is 8.37. The van der Waals surface area contributed by atoms with Crippen LogP contribution in [0.5, 0.6) is 0 Å². The Balaban J connectivity index is 1.56. The maximum absolute atomic E-state index is 12.5. The normalized spacial score (nSPS) is 15.1. The molecule has 0 saturated carbocycles. The Morgan fingerprint density at radius 1 is 1.16 bits per heavy atom. The fraction of sp³-hybridized carbons (Fsp3) is 0.471. The highest BCUT2D eigenvalue weighted by atomic mass is 16.2. The fourth-order valence-electron chi connectivity index (χ4n) is 2.77. The van der Waals surface area contributed by atoms with Gasteiger partial charge in [0.15, 0.2) is 0 Å². The number of hydrogen-bond acceptors (Lipinski definition) is 7. The van der Waals surface area contributed by atoms with E-state index in [1.54, 1.807) is 18.7 Å². The lowest BCUT2D eigenvalue weighted by Crippen LogP contribution is -2.42. The van der Waals surface area contributed by atoms with E-state index >= 15 is 0 Å². The van der Waals surface area contributed by atoms with E-state index in [0.29, 0.717) is 18.8 Å². The Hall–Kier alpha value is -2.77. The number of nitrogens with one attached hydrogen (secondary N) is 1. The van der Waals surface area contributed by atoms with Gasteiger partial charge in [-0.05, 0) is 19.8 Å². The molecule has 2 aromatic heterocycles. The summed E-state index contributed by atoms with van der Waals surface area (Å²) in [4.78, 5) is 33.1. The predicted molar refractivity (Wildman–Crippen MR) is 95.7 cm³/mol. The van der Waals surface area contributed by atoms with Crippen LogP contribution in [0.3, 0.4) is 0 Å². The molecule has 3 rings (SSSR count). The van der Waals surface area contributed by atoms with Gasteiger partial charge in [-0.3, -0.25) is 9.78 Å². The van der Waals surface area contributed by atoms with E-state index in [1.807, 2.05) is 36.9 Å². The van der Waals surface area contributed by atoms with Gasteiger partial charge in [0.05, 0.1) is 11.9 Å². The minimum Gasteiger partial charge on any atom is -0.367 e. The lowest BCUT2D eigenvalue weighted by atomic mass is 10.0. The van der Waals surface area contributed by atoms with Crippen molar-refractivity contribution in [1.29, 1.82) is 0 Å². The van der Waals surface area contributed by atoms with E-state index in [2.05, 4.69) is 25.3 Å². The zero-order valence-corrected chi connectivity index (χ0v) is 14.8. The van der Waals surface area contributed by atoms with Crippen LogP contribution in [0.1, 0.15) is 29.0 Å². The Bertz CT molecular complexity index is 724. The number of rotatable bonds is 4. The molecule has 3 heterocycles. The van der Waals surface area contributed by atoms with Crippen LogP contribution in [0.4, 0.5) is 11.6 Å². The summed E-state index contributed by atoms with van der Waals surface area (Å²) < 4.78 is 0. The Labute approximate surface area is 147 Å². The molecule has 0 unspecified atom stereocenters. The minimum absolute atomic E-state index is 0.0529. The molecule has 25 heavy (non-hydrogen) atoms. The zero-order chi connectivity index (χ0) is 17.8. The van der Waals surface area contributed by atoms with E-state index in [-0.39, 0.29) is 11.9 Å². The molecule has 0 radical (unpaired) electrons. The van der Waals surface area contributed by atoms with E-state index in [9.17, 15) is 4.79 Å². The van der Waals surface area contributed by atoms with Gasteiger partial charge in [-0.1, -0.05) is 0 Å². The maximum Gasteiger partial charge on any atom is 0.274 e. The van der Waals surface area contributed by atoms with Crippen LogP contribution >= 0.6 is 0 Å². The van der Waals surface area contributed by atoms with Gasteiger partial charge < -0.3 is 15.1 Å². The number of carbonyl (C=O) groups excluding carboxylic acids is 1. The number of nitrogens with zero attached hydrogens (tertiary/aromatic N) is 6. The first-order valence-electron chi connectivity index (χ1n) is 8.37. The molecule has 1 amide bonds. The molecule has 0 aromatic carbocycles. The highest BCUT2D eigenvalue weighted by molar-refractivity contribution is 5.92. The number of anilines is 2. The molecular formula is C17H23N7O. The summed E-state index contributed by atoms with van der Waals surface area (Å²) in [5.41, 5.74) is 1.21. The monoisotopic (exact) mass is 341 g/mol. The smallest absolute Gasteiger partial charge is 0.274 e. The number of carbonyl (C=O) groups is 1. The second-order valence-electron chi connectivity index (χ2n) is 6.41. The lowest BCUT2D eigenvalue weighted by Gasteiger charge is -2.32. The van der Waals surface area contributed by atoms with Crippen molar-refractivity contribution in [2.75, 3.05) is 37.4 Å². The van der Waals surface area contributed by atoms with Crippen molar-refractivity contribution in [3.05, 3.63) is 36.2 Å². The quantitative estimate of drug-likeness (QED) is 0.898. The topological polar surface area (TPSA) is 87.1 Å². The molecule has 1 N–H and O–H groups in total. The van der Waals surface area contributed by atoms with E-state index < -0.39 is 0 Å². The van der Waals surface area contributed by atoms with Gasteiger partial charge >= 0.3 is 0 Å². The fourth-order valence-corrected chi connectivity index (χ4v) is 2.77. The van der Waals surface area contributed by atoms with Gasteiger partial charge in [-0.15, -0.1) is 0 Å². The van der Waals surface area contributed by atoms with Crippen molar-refractivity contribution < 1.29 is 4.79 Å². The number of piperidine rings is 1. The molecule has 1 aliphatic rings. The zero-order valence-electron chi connectivity index (χ0n) is 14.8. The van der Waals surface area contributed by atoms with Crippen LogP contribution < -0.4 is 10.2 Å². The van der Waals surface area contributed by atoms with Gasteiger partial charge in [0, 0.05) is 45.5 Å². The molecule has 0 bridgehead atoms. The molecule has 132 valence electrons. The first-order chi connectivity index (χ1) is 12.0. The van der Waals surface area contributed by atoms with Crippen molar-refractivity contribution in [1.82, 2.24) is 24.8 Å². The van der Waals surface area contributed by atoms with Gasteiger partial charge in [-0.2, -0.15) is 0 Å². The van der Waals surface area contributed by atoms with Gasteiger partial charge in [0.2, 0.25) is 0 Å². The largest absolute Gasteiger partial charge is 0.367 e. The highest BCUT2D eigenvalue weighted by Crippen LogP contribution is 2.18. The van der Waals surface area contributed by atoms with Crippen molar-refractivity contribution >= 4 is 17.5 Å². The Morgan fingerprint density at radius 2 is 1.92 bits per heavy atom. The molecule has 1 saturated heterocycles. The van der Waals surface area contributed by atoms with Gasteiger partial charge in [0.25, 0.3) is 5.91 Å². The summed E-state index contributed by atoms with van der Waals surface area (Å²) in [6, 6.07) is 2.22. The second kappa shape index (κ2) is 7.42. The van der Waals surface area contributed by atoms with Crippen molar-refractivity contribution in [2.24, 2.45) is 0 Å². The van der Waals surface area contributed by atoms with Crippen LogP contribution in [0, 0.1) is 6.92 Å². The van der Waals surface area contributed by atoms with E-state index in [0.717, 1.165) is 30.2 Å². The minimum atomic E-state index is -0.0529. The number of aryl methyl sites for hydroxylation is 1. The lowest BCUT2D eigenvalue weighted by molar-refractivity contribution is 0.0712. The number of aromatic nitrogens is 4. The van der Waals surface area contributed by atoms with Gasteiger partial charge in [0.1, 0.15) is 23.7 Å².